The number of hydrogen-bond acceptors (Lipinski definition) is 5. The first-order valence-electron chi connectivity index (χ1n) is 9.58. The molecule has 1 saturated heterocycles. The molecule has 1 N–H and O–H groups in total. The average Bonchev–Trinajstić information content (AvgIpc) is 3.11. The molecule has 1 aromatic carbocycles. The number of rotatable bonds is 7. The molecule has 1 saturated carbocycles. The molecule has 1 heterocycles. The quantitative estimate of drug-likeness (QED) is 0.602. The first-order chi connectivity index (χ1) is 13.6. The van der Waals surface area contributed by atoms with Crippen molar-refractivity contribution >= 4 is 10.1 Å². The van der Waals surface area contributed by atoms with E-state index in [1.165, 1.54) is 31.5 Å². The standard InChI is InChI=1S/C16H23N2O.C3H5F3O3S/c17-11-14-9-16(10-14)19-15-5-3-13(4-6-15)12-18-7-1-2-8-18;1-9-10(7,8)2-3(4,5)6/h3-6,14,16-17H,1-2,7-12H2;2H2,1H3/q-1;. The third-order valence-electron chi connectivity index (χ3n) is 4.91. The van der Waals surface area contributed by atoms with Crippen molar-refractivity contribution in [2.75, 3.05) is 32.5 Å². The van der Waals surface area contributed by atoms with Crippen molar-refractivity contribution in [3.05, 3.63) is 35.6 Å². The van der Waals surface area contributed by atoms with E-state index in [1.54, 1.807) is 0 Å². The van der Waals surface area contributed by atoms with E-state index in [9.17, 15) is 21.6 Å². The molecule has 0 atom stereocenters. The van der Waals surface area contributed by atoms with Gasteiger partial charge in [-0.2, -0.15) is 21.6 Å². The molecular weight excluding hydrogens is 409 g/mol. The van der Waals surface area contributed by atoms with Crippen molar-refractivity contribution in [2.45, 2.75) is 44.5 Å². The minimum atomic E-state index is -4.73. The summed E-state index contributed by atoms with van der Waals surface area (Å²) in [7, 11) is -3.72. The van der Waals surface area contributed by atoms with Crippen LogP contribution in [0.2, 0.25) is 0 Å². The minimum Gasteiger partial charge on any atom is -0.677 e. The molecule has 0 spiro atoms. The number of nitrogens with zero attached hydrogens (tertiary/aromatic N) is 1. The zero-order valence-electron chi connectivity index (χ0n) is 16.5. The van der Waals surface area contributed by atoms with Crippen LogP contribution in [0.4, 0.5) is 13.2 Å². The molecule has 1 aliphatic heterocycles. The van der Waals surface area contributed by atoms with Crippen LogP contribution in [0, 0.1) is 5.92 Å². The Morgan fingerprint density at radius 3 is 2.17 bits per heavy atom. The molecule has 0 amide bonds. The monoisotopic (exact) mass is 437 g/mol. The highest BCUT2D eigenvalue weighted by molar-refractivity contribution is 7.86. The van der Waals surface area contributed by atoms with Gasteiger partial charge in [0.2, 0.25) is 0 Å². The second kappa shape index (κ2) is 10.6. The van der Waals surface area contributed by atoms with Gasteiger partial charge in [-0.15, -0.1) is 6.54 Å². The zero-order valence-corrected chi connectivity index (χ0v) is 17.3. The van der Waals surface area contributed by atoms with Gasteiger partial charge in [0.25, 0.3) is 10.1 Å². The van der Waals surface area contributed by atoms with Crippen molar-refractivity contribution in [2.24, 2.45) is 5.92 Å². The number of alkyl halides is 3. The molecule has 0 radical (unpaired) electrons. The van der Waals surface area contributed by atoms with E-state index in [1.807, 2.05) is 0 Å². The Labute approximate surface area is 170 Å². The molecule has 2 aliphatic rings. The number of benzene rings is 1. The number of nitrogens with one attached hydrogen (secondary N) is 1. The highest BCUT2D eigenvalue weighted by atomic mass is 32.2. The van der Waals surface area contributed by atoms with E-state index in [4.69, 9.17) is 10.5 Å². The van der Waals surface area contributed by atoms with E-state index in [0.717, 1.165) is 25.1 Å². The molecule has 0 unspecified atom stereocenters. The summed E-state index contributed by atoms with van der Waals surface area (Å²) in [6.45, 7) is 4.11. The van der Waals surface area contributed by atoms with E-state index in [0.29, 0.717) is 25.7 Å². The Morgan fingerprint density at radius 1 is 1.14 bits per heavy atom. The van der Waals surface area contributed by atoms with Gasteiger partial charge in [0.15, 0.2) is 5.75 Å². The first-order valence-corrected chi connectivity index (χ1v) is 11.2. The molecule has 29 heavy (non-hydrogen) atoms. The molecule has 1 aromatic rings. The maximum Gasteiger partial charge on any atom is 0.405 e. The van der Waals surface area contributed by atoms with Crippen molar-refractivity contribution in [1.82, 2.24) is 4.90 Å². The van der Waals surface area contributed by atoms with Gasteiger partial charge in [-0.3, -0.25) is 9.08 Å². The smallest absolute Gasteiger partial charge is 0.405 e. The lowest BCUT2D eigenvalue weighted by Gasteiger charge is -2.36. The van der Waals surface area contributed by atoms with Gasteiger partial charge >= 0.3 is 6.18 Å². The number of ether oxygens (including phenoxy) is 1. The molecular formula is C19H28F3N2O4S-. The zero-order chi connectivity index (χ0) is 21.5. The average molecular weight is 438 g/mol. The van der Waals surface area contributed by atoms with Crippen LogP contribution in [0.15, 0.2) is 24.3 Å². The summed E-state index contributed by atoms with van der Waals surface area (Å²) < 4.78 is 63.5. The highest BCUT2D eigenvalue weighted by Crippen LogP contribution is 2.31. The summed E-state index contributed by atoms with van der Waals surface area (Å²) in [5.41, 5.74) is 8.69. The molecule has 6 nitrogen and oxygen atoms in total. The van der Waals surface area contributed by atoms with E-state index in [-0.39, 0.29) is 0 Å². The van der Waals surface area contributed by atoms with Gasteiger partial charge in [0.05, 0.1) is 13.2 Å². The van der Waals surface area contributed by atoms with Gasteiger partial charge in [-0.05, 0) is 56.5 Å². The Kier molecular flexibility index (Phi) is 8.74. The summed E-state index contributed by atoms with van der Waals surface area (Å²) in [6, 6.07) is 8.57. The third kappa shape index (κ3) is 8.90. The SMILES string of the molecule is COS(=O)(=O)CC(F)(F)F.[NH-]CC1CC(Oc2ccc(CN3CCCC3)cc2)C1. The molecule has 3 rings (SSSR count). The fourth-order valence-electron chi connectivity index (χ4n) is 3.26. The van der Waals surface area contributed by atoms with Gasteiger partial charge < -0.3 is 10.5 Å². The fourth-order valence-corrected chi connectivity index (χ4v) is 3.78. The summed E-state index contributed by atoms with van der Waals surface area (Å²) in [4.78, 5) is 2.51. The van der Waals surface area contributed by atoms with Crippen LogP contribution < -0.4 is 4.74 Å². The van der Waals surface area contributed by atoms with Crippen LogP contribution in [0.5, 0.6) is 5.75 Å². The Bertz CT molecular complexity index is 714. The minimum absolute atomic E-state index is 0.347. The van der Waals surface area contributed by atoms with E-state index >= 15 is 0 Å². The number of hydrogen-bond donors (Lipinski definition) is 0. The van der Waals surface area contributed by atoms with Gasteiger partial charge in [0, 0.05) is 6.54 Å². The summed E-state index contributed by atoms with van der Waals surface area (Å²) in [5.74, 6) is -0.380. The van der Waals surface area contributed by atoms with Crippen molar-refractivity contribution < 1.29 is 30.5 Å². The number of halogens is 3. The summed E-state index contributed by atoms with van der Waals surface area (Å²) in [6.07, 6.45) is 0.423. The van der Waals surface area contributed by atoms with Gasteiger partial charge in [-0.1, -0.05) is 18.1 Å². The topological polar surface area (TPSA) is 79.6 Å². The largest absolute Gasteiger partial charge is 0.677 e. The normalized spacial score (nSPS) is 22.5. The molecule has 0 bridgehead atoms. The Balaban J connectivity index is 0.000000257. The lowest BCUT2D eigenvalue weighted by Crippen LogP contribution is -2.34. The second-order valence-corrected chi connectivity index (χ2v) is 9.13. The van der Waals surface area contributed by atoms with Crippen molar-refractivity contribution in [3.63, 3.8) is 0 Å². The van der Waals surface area contributed by atoms with Crippen molar-refractivity contribution in [1.29, 1.82) is 0 Å². The Hall–Kier alpha value is -1.36. The van der Waals surface area contributed by atoms with Crippen LogP contribution in [0.25, 0.3) is 5.73 Å². The second-order valence-electron chi connectivity index (χ2n) is 7.39. The maximum absolute atomic E-state index is 11.3. The van der Waals surface area contributed by atoms with Crippen molar-refractivity contribution in [3.8, 4) is 5.75 Å². The van der Waals surface area contributed by atoms with E-state index in [2.05, 4.69) is 33.3 Å². The summed E-state index contributed by atoms with van der Waals surface area (Å²) in [5, 5.41) is 0. The van der Waals surface area contributed by atoms with Crippen LogP contribution in [-0.2, 0) is 20.8 Å². The van der Waals surface area contributed by atoms with Crippen LogP contribution in [0.3, 0.4) is 0 Å². The predicted octanol–water partition coefficient (Wildman–Crippen LogP) is 4.02. The molecule has 1 aliphatic carbocycles. The lowest BCUT2D eigenvalue weighted by atomic mass is 9.82. The third-order valence-corrected chi connectivity index (χ3v) is 6.10. The first kappa shape index (κ1) is 23.9. The lowest BCUT2D eigenvalue weighted by molar-refractivity contribution is -0.107. The van der Waals surface area contributed by atoms with Crippen LogP contribution >= 0.6 is 0 Å². The highest BCUT2D eigenvalue weighted by Gasteiger charge is 2.35. The fraction of sp³-hybridized carbons (Fsp3) is 0.684. The Morgan fingerprint density at radius 2 is 1.72 bits per heavy atom. The molecule has 166 valence electrons. The molecule has 10 heteroatoms. The van der Waals surface area contributed by atoms with Gasteiger partial charge in [0.1, 0.15) is 5.75 Å². The van der Waals surface area contributed by atoms with Gasteiger partial charge in [-0.25, -0.2) is 0 Å². The number of likely N-dealkylation sites (tertiary alicyclic amines) is 1. The summed E-state index contributed by atoms with van der Waals surface area (Å²) >= 11 is 0. The van der Waals surface area contributed by atoms with Crippen LogP contribution in [0.1, 0.15) is 31.2 Å². The predicted molar refractivity (Wildman–Crippen MR) is 104 cm³/mol. The molecule has 0 aromatic heterocycles. The maximum atomic E-state index is 11.3. The van der Waals surface area contributed by atoms with Crippen LogP contribution in [-0.4, -0.2) is 58.1 Å². The van der Waals surface area contributed by atoms with E-state index < -0.39 is 22.0 Å². The molecule has 2 fully saturated rings.